The minimum atomic E-state index is -0.799. The quantitative estimate of drug-likeness (QED) is 0.916. The molecule has 20 heavy (non-hydrogen) atoms. The Morgan fingerprint density at radius 3 is 2.50 bits per heavy atom. The van der Waals surface area contributed by atoms with Crippen molar-refractivity contribution in [2.24, 2.45) is 11.8 Å². The molecule has 3 rings (SSSR count). The van der Waals surface area contributed by atoms with E-state index in [1.54, 1.807) is 0 Å². The second-order valence-electron chi connectivity index (χ2n) is 5.83. The summed E-state index contributed by atoms with van der Waals surface area (Å²) in [5, 5.41) is 9.49. The van der Waals surface area contributed by atoms with Crippen LogP contribution in [-0.2, 0) is 9.59 Å². The van der Waals surface area contributed by atoms with E-state index in [4.69, 9.17) is 0 Å². The predicted molar refractivity (Wildman–Crippen MR) is 74.0 cm³/mol. The number of carbonyl (C=O) groups is 2. The van der Waals surface area contributed by atoms with Crippen LogP contribution in [0.4, 0.5) is 0 Å². The number of carboxylic acid groups (broad SMARTS) is 1. The molecule has 2 atom stereocenters. The minimum Gasteiger partial charge on any atom is -0.481 e. The van der Waals surface area contributed by atoms with Gasteiger partial charge in [-0.05, 0) is 30.7 Å². The van der Waals surface area contributed by atoms with Gasteiger partial charge in [0, 0.05) is 13.0 Å². The summed E-state index contributed by atoms with van der Waals surface area (Å²) in [6.45, 7) is 0.710. The summed E-state index contributed by atoms with van der Waals surface area (Å²) in [6.07, 6.45) is 3.11. The summed E-state index contributed by atoms with van der Waals surface area (Å²) in [4.78, 5) is 25.6. The molecule has 1 aliphatic carbocycles. The molecule has 4 heteroatoms. The lowest BCUT2D eigenvalue weighted by atomic mass is 9.84. The lowest BCUT2D eigenvalue weighted by Gasteiger charge is -2.40. The molecule has 0 unspecified atom stereocenters. The van der Waals surface area contributed by atoms with Crippen LogP contribution in [-0.4, -0.2) is 28.4 Å². The van der Waals surface area contributed by atoms with Gasteiger partial charge in [0.05, 0.1) is 12.0 Å². The molecule has 1 aromatic rings. The Morgan fingerprint density at radius 1 is 1.20 bits per heavy atom. The lowest BCUT2D eigenvalue weighted by Crippen LogP contribution is -2.46. The largest absolute Gasteiger partial charge is 0.481 e. The van der Waals surface area contributed by atoms with Gasteiger partial charge < -0.3 is 10.0 Å². The molecule has 1 aliphatic heterocycles. The number of likely N-dealkylation sites (tertiary alicyclic amines) is 1. The predicted octanol–water partition coefficient (Wildman–Crippen LogP) is 2.46. The molecule has 106 valence electrons. The van der Waals surface area contributed by atoms with Crippen molar-refractivity contribution in [2.45, 2.75) is 31.7 Å². The molecular formula is C16H19NO3. The third-order valence-corrected chi connectivity index (χ3v) is 4.32. The first-order chi connectivity index (χ1) is 9.66. The van der Waals surface area contributed by atoms with E-state index in [-0.39, 0.29) is 11.9 Å². The van der Waals surface area contributed by atoms with Crippen LogP contribution in [0, 0.1) is 11.8 Å². The number of hydrogen-bond acceptors (Lipinski definition) is 2. The second-order valence-corrected chi connectivity index (χ2v) is 5.83. The number of piperidine rings is 1. The highest BCUT2D eigenvalue weighted by Gasteiger charge is 2.42. The fourth-order valence-electron chi connectivity index (χ4n) is 3.07. The van der Waals surface area contributed by atoms with E-state index in [9.17, 15) is 14.7 Å². The zero-order chi connectivity index (χ0) is 14.1. The summed E-state index contributed by atoms with van der Waals surface area (Å²) in [5.74, 6) is -0.623. The van der Waals surface area contributed by atoms with E-state index < -0.39 is 11.9 Å². The maximum absolute atomic E-state index is 12.2. The van der Waals surface area contributed by atoms with Crippen LogP contribution >= 0.6 is 0 Å². The standard InChI is InChI=1S/C16H19NO3/c18-14-9-8-13(16(19)20)15(12-4-2-1-3-5-12)17(14)10-11-6-7-11/h1-5,11,13,15H,6-10H2,(H,19,20)/t13-,15+/m0/s1. The van der Waals surface area contributed by atoms with Gasteiger partial charge >= 0.3 is 5.97 Å². The maximum atomic E-state index is 12.2. The molecule has 4 nitrogen and oxygen atoms in total. The van der Waals surface area contributed by atoms with Gasteiger partial charge in [0.15, 0.2) is 0 Å². The zero-order valence-electron chi connectivity index (χ0n) is 11.4. The number of rotatable bonds is 4. The molecule has 0 radical (unpaired) electrons. The van der Waals surface area contributed by atoms with Crippen molar-refractivity contribution in [3.8, 4) is 0 Å². The molecule has 0 aromatic heterocycles. The third kappa shape index (κ3) is 2.55. The van der Waals surface area contributed by atoms with Gasteiger partial charge in [-0.15, -0.1) is 0 Å². The molecule has 1 aromatic carbocycles. The highest BCUT2D eigenvalue weighted by molar-refractivity contribution is 5.81. The summed E-state index contributed by atoms with van der Waals surface area (Å²) in [7, 11) is 0. The number of amides is 1. The van der Waals surface area contributed by atoms with Crippen LogP contribution in [0.25, 0.3) is 0 Å². The zero-order valence-corrected chi connectivity index (χ0v) is 11.4. The maximum Gasteiger partial charge on any atom is 0.308 e. The van der Waals surface area contributed by atoms with Gasteiger partial charge in [0.1, 0.15) is 0 Å². The third-order valence-electron chi connectivity index (χ3n) is 4.32. The summed E-state index contributed by atoms with van der Waals surface area (Å²) in [5.41, 5.74) is 0.939. The van der Waals surface area contributed by atoms with Crippen molar-refractivity contribution >= 4 is 11.9 Å². The molecule has 0 spiro atoms. The first-order valence-electron chi connectivity index (χ1n) is 7.24. The number of nitrogens with zero attached hydrogens (tertiary/aromatic N) is 1. The Labute approximate surface area is 118 Å². The van der Waals surface area contributed by atoms with Gasteiger partial charge in [-0.25, -0.2) is 0 Å². The van der Waals surface area contributed by atoms with Crippen molar-refractivity contribution in [2.75, 3.05) is 6.54 Å². The van der Waals surface area contributed by atoms with Gasteiger partial charge in [-0.1, -0.05) is 30.3 Å². The Balaban J connectivity index is 1.94. The fourth-order valence-corrected chi connectivity index (χ4v) is 3.07. The van der Waals surface area contributed by atoms with Crippen LogP contribution in [0.2, 0.25) is 0 Å². The first-order valence-corrected chi connectivity index (χ1v) is 7.24. The van der Waals surface area contributed by atoms with Crippen molar-refractivity contribution in [1.82, 2.24) is 4.90 Å². The molecule has 1 saturated heterocycles. The molecule has 2 fully saturated rings. The number of benzene rings is 1. The highest BCUT2D eigenvalue weighted by atomic mass is 16.4. The van der Waals surface area contributed by atoms with Crippen LogP contribution in [0.1, 0.15) is 37.3 Å². The topological polar surface area (TPSA) is 57.6 Å². The van der Waals surface area contributed by atoms with Gasteiger partial charge in [-0.2, -0.15) is 0 Å². The fraction of sp³-hybridized carbons (Fsp3) is 0.500. The van der Waals surface area contributed by atoms with E-state index in [1.807, 2.05) is 35.2 Å². The Morgan fingerprint density at radius 2 is 1.90 bits per heavy atom. The molecule has 0 bridgehead atoms. The molecule has 1 heterocycles. The molecular weight excluding hydrogens is 254 g/mol. The van der Waals surface area contributed by atoms with Crippen LogP contribution < -0.4 is 0 Å². The molecule has 1 N–H and O–H groups in total. The number of carbonyl (C=O) groups excluding carboxylic acids is 1. The van der Waals surface area contributed by atoms with Crippen molar-refractivity contribution in [1.29, 1.82) is 0 Å². The molecule has 1 amide bonds. The van der Waals surface area contributed by atoms with Crippen LogP contribution in [0.5, 0.6) is 0 Å². The van der Waals surface area contributed by atoms with E-state index in [0.29, 0.717) is 25.3 Å². The lowest BCUT2D eigenvalue weighted by molar-refractivity contribution is -0.152. The number of carboxylic acids is 1. The van der Waals surface area contributed by atoms with Crippen molar-refractivity contribution in [3.63, 3.8) is 0 Å². The smallest absolute Gasteiger partial charge is 0.308 e. The minimum absolute atomic E-state index is 0.100. The Kier molecular flexibility index (Phi) is 3.47. The monoisotopic (exact) mass is 273 g/mol. The van der Waals surface area contributed by atoms with E-state index in [2.05, 4.69) is 0 Å². The Hall–Kier alpha value is -1.84. The normalized spacial score (nSPS) is 26.6. The van der Waals surface area contributed by atoms with Gasteiger partial charge in [0.2, 0.25) is 5.91 Å². The average molecular weight is 273 g/mol. The van der Waals surface area contributed by atoms with E-state index >= 15 is 0 Å². The summed E-state index contributed by atoms with van der Waals surface area (Å²) in [6, 6.07) is 9.27. The van der Waals surface area contributed by atoms with Crippen molar-refractivity contribution < 1.29 is 14.7 Å². The van der Waals surface area contributed by atoms with Gasteiger partial charge in [-0.3, -0.25) is 9.59 Å². The highest BCUT2D eigenvalue weighted by Crippen LogP contribution is 2.40. The van der Waals surface area contributed by atoms with Crippen LogP contribution in [0.3, 0.4) is 0 Å². The number of aliphatic carboxylic acids is 1. The second kappa shape index (κ2) is 5.27. The SMILES string of the molecule is O=C(O)[C@H]1CCC(=O)N(CC2CC2)[C@@H]1c1ccccc1. The summed E-state index contributed by atoms with van der Waals surface area (Å²) >= 11 is 0. The molecule has 1 saturated carbocycles. The summed E-state index contributed by atoms with van der Waals surface area (Å²) < 4.78 is 0. The van der Waals surface area contributed by atoms with Crippen LogP contribution in [0.15, 0.2) is 30.3 Å². The molecule has 2 aliphatic rings. The first kappa shape index (κ1) is 13.2. The van der Waals surface area contributed by atoms with Gasteiger partial charge in [0.25, 0.3) is 0 Å². The van der Waals surface area contributed by atoms with E-state index in [1.165, 1.54) is 0 Å². The van der Waals surface area contributed by atoms with Crippen molar-refractivity contribution in [3.05, 3.63) is 35.9 Å². The number of hydrogen-bond donors (Lipinski definition) is 1. The average Bonchev–Trinajstić information content (AvgIpc) is 3.25. The Bertz CT molecular complexity index is 510. The van der Waals surface area contributed by atoms with E-state index in [0.717, 1.165) is 18.4 Å².